The van der Waals surface area contributed by atoms with Crippen LogP contribution in [0.1, 0.15) is 23.7 Å². The first-order valence-electron chi connectivity index (χ1n) is 6.05. The fourth-order valence-electron chi connectivity index (χ4n) is 1.52. The summed E-state index contributed by atoms with van der Waals surface area (Å²) < 4.78 is 21.4. The van der Waals surface area contributed by atoms with Crippen molar-refractivity contribution in [1.82, 2.24) is 5.32 Å². The number of primary sulfonamides is 1. The van der Waals surface area contributed by atoms with Gasteiger partial charge in [0, 0.05) is 24.3 Å². The first-order valence-corrected chi connectivity index (χ1v) is 7.76. The average molecular weight is 285 g/mol. The van der Waals surface area contributed by atoms with Gasteiger partial charge in [0.25, 0.3) is 5.91 Å². The number of carbonyl (C=O) groups is 1. The largest absolute Gasteiger partial charge is 0.385 e. The smallest absolute Gasteiger partial charge is 0.251 e. The second-order valence-corrected chi connectivity index (χ2v) is 5.82. The number of hydrogen-bond donors (Lipinski definition) is 3. The van der Waals surface area contributed by atoms with E-state index in [1.165, 1.54) is 0 Å². The third-order valence-electron chi connectivity index (χ3n) is 2.42. The van der Waals surface area contributed by atoms with E-state index in [1.807, 2.05) is 19.1 Å². The molecule has 0 fully saturated rings. The van der Waals surface area contributed by atoms with Crippen LogP contribution in [-0.4, -0.2) is 33.2 Å². The summed E-state index contributed by atoms with van der Waals surface area (Å²) in [5.74, 6) is -0.357. The number of amides is 1. The van der Waals surface area contributed by atoms with Crippen LogP contribution in [0.25, 0.3) is 0 Å². The number of nitrogens with one attached hydrogen (secondary N) is 2. The lowest BCUT2D eigenvalue weighted by Crippen LogP contribution is -2.27. The Balaban J connectivity index is 2.41. The summed E-state index contributed by atoms with van der Waals surface area (Å²) in [6.45, 7) is 3.09. The molecule has 106 valence electrons. The molecule has 0 atom stereocenters. The predicted molar refractivity (Wildman–Crippen MR) is 75.5 cm³/mol. The summed E-state index contributed by atoms with van der Waals surface area (Å²) in [5, 5.41) is 10.6. The van der Waals surface area contributed by atoms with Crippen molar-refractivity contribution in [3.8, 4) is 0 Å². The molecular weight excluding hydrogens is 266 g/mol. The molecule has 6 nitrogen and oxygen atoms in total. The molecule has 1 aromatic carbocycles. The lowest BCUT2D eigenvalue weighted by Gasteiger charge is -2.06. The van der Waals surface area contributed by atoms with E-state index in [0.717, 1.165) is 12.2 Å². The molecule has 1 amide bonds. The highest BCUT2D eigenvalue weighted by Crippen LogP contribution is 2.08. The van der Waals surface area contributed by atoms with Gasteiger partial charge in [0.2, 0.25) is 10.0 Å². The fourth-order valence-corrected chi connectivity index (χ4v) is 2.07. The van der Waals surface area contributed by atoms with Crippen LogP contribution in [0.4, 0.5) is 5.69 Å². The van der Waals surface area contributed by atoms with Gasteiger partial charge in [0.1, 0.15) is 0 Å². The summed E-state index contributed by atoms with van der Waals surface area (Å²) in [6, 6.07) is 7.07. The molecule has 0 bridgehead atoms. The maximum Gasteiger partial charge on any atom is 0.251 e. The molecule has 0 spiro atoms. The van der Waals surface area contributed by atoms with E-state index >= 15 is 0 Å². The molecule has 0 aliphatic heterocycles. The highest BCUT2D eigenvalue weighted by atomic mass is 32.2. The van der Waals surface area contributed by atoms with Crippen LogP contribution in [0.3, 0.4) is 0 Å². The Morgan fingerprint density at radius 2 is 1.89 bits per heavy atom. The van der Waals surface area contributed by atoms with Crippen molar-refractivity contribution in [2.45, 2.75) is 13.3 Å². The van der Waals surface area contributed by atoms with E-state index in [9.17, 15) is 13.2 Å². The highest BCUT2D eigenvalue weighted by Gasteiger charge is 2.06. The number of rotatable bonds is 7. The third kappa shape index (κ3) is 6.21. The Morgan fingerprint density at radius 1 is 1.26 bits per heavy atom. The highest BCUT2D eigenvalue weighted by molar-refractivity contribution is 7.89. The lowest BCUT2D eigenvalue weighted by atomic mass is 10.2. The van der Waals surface area contributed by atoms with E-state index in [0.29, 0.717) is 12.0 Å². The van der Waals surface area contributed by atoms with Gasteiger partial charge in [-0.15, -0.1) is 0 Å². The van der Waals surface area contributed by atoms with E-state index in [1.54, 1.807) is 12.1 Å². The number of hydrogen-bond acceptors (Lipinski definition) is 4. The van der Waals surface area contributed by atoms with Crippen molar-refractivity contribution >= 4 is 21.6 Å². The number of sulfonamides is 1. The van der Waals surface area contributed by atoms with E-state index in [2.05, 4.69) is 10.6 Å². The molecule has 0 aliphatic rings. The van der Waals surface area contributed by atoms with Crippen LogP contribution >= 0.6 is 0 Å². The average Bonchev–Trinajstić information content (AvgIpc) is 2.34. The number of benzene rings is 1. The van der Waals surface area contributed by atoms with Gasteiger partial charge in [-0.1, -0.05) is 0 Å². The van der Waals surface area contributed by atoms with Crippen molar-refractivity contribution in [2.75, 3.05) is 24.2 Å². The molecule has 0 saturated heterocycles. The number of anilines is 1. The number of carbonyl (C=O) groups excluding carboxylic acids is 1. The molecule has 0 aliphatic carbocycles. The van der Waals surface area contributed by atoms with Crippen LogP contribution in [0.5, 0.6) is 0 Å². The monoisotopic (exact) mass is 285 g/mol. The van der Waals surface area contributed by atoms with Crippen molar-refractivity contribution in [2.24, 2.45) is 5.14 Å². The summed E-state index contributed by atoms with van der Waals surface area (Å²) in [6.07, 6.45) is 0.306. The van der Waals surface area contributed by atoms with Crippen molar-refractivity contribution in [1.29, 1.82) is 0 Å². The first-order chi connectivity index (χ1) is 8.92. The van der Waals surface area contributed by atoms with E-state index in [4.69, 9.17) is 5.14 Å². The quantitative estimate of drug-likeness (QED) is 0.636. The standard InChI is InChI=1S/C12H19N3O3S/c1-2-14-11-6-4-10(5-7-11)12(16)15-8-3-9-19(13,17)18/h4-7,14H,2-3,8-9H2,1H3,(H,15,16)(H2,13,17,18). The zero-order valence-electron chi connectivity index (χ0n) is 10.8. The van der Waals surface area contributed by atoms with Crippen LogP contribution in [-0.2, 0) is 10.0 Å². The minimum absolute atomic E-state index is 0.132. The van der Waals surface area contributed by atoms with E-state index < -0.39 is 10.0 Å². The van der Waals surface area contributed by atoms with Crippen molar-refractivity contribution < 1.29 is 13.2 Å². The van der Waals surface area contributed by atoms with Crippen molar-refractivity contribution in [3.63, 3.8) is 0 Å². The Bertz CT molecular complexity index is 512. The molecule has 0 unspecified atom stereocenters. The minimum Gasteiger partial charge on any atom is -0.385 e. The molecule has 0 aromatic heterocycles. The zero-order valence-corrected chi connectivity index (χ0v) is 11.7. The topological polar surface area (TPSA) is 101 Å². The van der Waals surface area contributed by atoms with E-state index in [-0.39, 0.29) is 18.2 Å². The van der Waals surface area contributed by atoms with Crippen LogP contribution in [0.15, 0.2) is 24.3 Å². The van der Waals surface area contributed by atoms with Gasteiger partial charge < -0.3 is 10.6 Å². The van der Waals surface area contributed by atoms with Gasteiger partial charge >= 0.3 is 0 Å². The molecule has 0 radical (unpaired) electrons. The summed E-state index contributed by atoms with van der Waals surface area (Å²) in [4.78, 5) is 11.7. The zero-order chi connectivity index (χ0) is 14.3. The Hall–Kier alpha value is -1.60. The molecule has 19 heavy (non-hydrogen) atoms. The second-order valence-electron chi connectivity index (χ2n) is 4.08. The number of nitrogens with two attached hydrogens (primary N) is 1. The molecule has 0 heterocycles. The Kier molecular flexibility index (Phi) is 5.78. The van der Waals surface area contributed by atoms with Crippen molar-refractivity contribution in [3.05, 3.63) is 29.8 Å². The minimum atomic E-state index is -3.46. The summed E-state index contributed by atoms with van der Waals surface area (Å²) >= 11 is 0. The van der Waals surface area contributed by atoms with Crippen LogP contribution < -0.4 is 15.8 Å². The second kappa shape index (κ2) is 7.10. The van der Waals surface area contributed by atoms with Gasteiger partial charge in [-0.3, -0.25) is 4.79 Å². The lowest BCUT2D eigenvalue weighted by molar-refractivity contribution is 0.0953. The molecule has 1 aromatic rings. The molecule has 1 rings (SSSR count). The third-order valence-corrected chi connectivity index (χ3v) is 3.28. The van der Waals surface area contributed by atoms with Gasteiger partial charge in [-0.2, -0.15) is 0 Å². The summed E-state index contributed by atoms with van der Waals surface area (Å²) in [5.41, 5.74) is 1.49. The van der Waals surface area contributed by atoms with Gasteiger partial charge in [-0.05, 0) is 37.6 Å². The fraction of sp³-hybridized carbons (Fsp3) is 0.417. The SMILES string of the molecule is CCNc1ccc(C(=O)NCCCS(N)(=O)=O)cc1. The van der Waals surface area contributed by atoms with Gasteiger partial charge in [0.15, 0.2) is 0 Å². The van der Waals surface area contributed by atoms with Gasteiger partial charge in [-0.25, -0.2) is 13.6 Å². The maximum absolute atomic E-state index is 11.7. The van der Waals surface area contributed by atoms with Crippen LogP contribution in [0, 0.1) is 0 Å². The Labute approximate surface area is 113 Å². The summed E-state index contributed by atoms with van der Waals surface area (Å²) in [7, 11) is -3.46. The normalized spacial score (nSPS) is 11.1. The Morgan fingerprint density at radius 3 is 2.42 bits per heavy atom. The molecule has 0 saturated carbocycles. The first kappa shape index (κ1) is 15.5. The molecule has 7 heteroatoms. The predicted octanol–water partition coefficient (Wildman–Crippen LogP) is 0.527. The van der Waals surface area contributed by atoms with Crippen LogP contribution in [0.2, 0.25) is 0 Å². The molecule has 4 N–H and O–H groups in total. The molecular formula is C12H19N3O3S. The maximum atomic E-state index is 11.7. The van der Waals surface area contributed by atoms with Gasteiger partial charge in [0.05, 0.1) is 5.75 Å².